The average molecular weight is 435 g/mol. The summed E-state index contributed by atoms with van der Waals surface area (Å²) in [6.45, 7) is 5.43. The molecule has 2 aliphatic rings. The third-order valence-corrected chi connectivity index (χ3v) is 6.45. The molecular formula is C26H34N4O2. The molecular weight excluding hydrogens is 400 g/mol. The third-order valence-electron chi connectivity index (χ3n) is 6.45. The number of guanidine groups is 1. The molecule has 1 N–H and O–H groups in total. The van der Waals surface area contributed by atoms with Gasteiger partial charge >= 0.3 is 0 Å². The summed E-state index contributed by atoms with van der Waals surface area (Å²) in [7, 11) is 1.83. The third kappa shape index (κ3) is 5.06. The fraction of sp³-hybridized carbons (Fsp3) is 0.462. The number of para-hydroxylation sites is 2. The molecule has 2 aromatic carbocycles. The number of fused-ring (bicyclic) bond motifs is 1. The van der Waals surface area contributed by atoms with Crippen molar-refractivity contribution in [2.45, 2.75) is 44.6 Å². The van der Waals surface area contributed by atoms with E-state index < -0.39 is 0 Å². The molecule has 32 heavy (non-hydrogen) atoms. The second kappa shape index (κ2) is 10.5. The minimum Gasteiger partial charge on any atom is -0.489 e. The lowest BCUT2D eigenvalue weighted by atomic mass is 9.98. The molecule has 0 spiro atoms. The van der Waals surface area contributed by atoms with Crippen molar-refractivity contribution in [2.24, 2.45) is 4.99 Å². The number of hydrogen-bond donors (Lipinski definition) is 1. The highest BCUT2D eigenvalue weighted by Gasteiger charge is 2.32. The summed E-state index contributed by atoms with van der Waals surface area (Å²) in [5, 5.41) is 3.53. The zero-order chi connectivity index (χ0) is 22.3. The number of carbonyl (C=O) groups is 1. The SMILES string of the molecule is CCC(CNC(=NC)N1CC(CCN2CCCC2=O)c2ccccc21)Oc1ccccc1. The monoisotopic (exact) mass is 434 g/mol. The normalized spacial score (nSPS) is 19.2. The molecule has 4 rings (SSSR count). The first-order valence-corrected chi connectivity index (χ1v) is 11.8. The number of likely N-dealkylation sites (tertiary alicyclic amines) is 1. The Morgan fingerprint density at radius 1 is 1.19 bits per heavy atom. The molecule has 0 bridgehead atoms. The van der Waals surface area contributed by atoms with Crippen molar-refractivity contribution >= 4 is 17.6 Å². The Kier molecular flexibility index (Phi) is 7.30. The van der Waals surface area contributed by atoms with Gasteiger partial charge in [0.25, 0.3) is 0 Å². The van der Waals surface area contributed by atoms with Gasteiger partial charge in [-0.25, -0.2) is 0 Å². The van der Waals surface area contributed by atoms with E-state index in [9.17, 15) is 4.79 Å². The van der Waals surface area contributed by atoms with Crippen LogP contribution in [0.4, 0.5) is 5.69 Å². The first kappa shape index (κ1) is 22.2. The Balaban J connectivity index is 1.40. The van der Waals surface area contributed by atoms with Crippen LogP contribution in [-0.4, -0.2) is 56.1 Å². The number of ether oxygens (including phenoxy) is 1. The molecule has 6 nitrogen and oxygen atoms in total. The van der Waals surface area contributed by atoms with Crippen LogP contribution in [0.15, 0.2) is 59.6 Å². The van der Waals surface area contributed by atoms with Gasteiger partial charge in [0.1, 0.15) is 11.9 Å². The van der Waals surface area contributed by atoms with Gasteiger partial charge in [0, 0.05) is 44.7 Å². The van der Waals surface area contributed by atoms with E-state index in [-0.39, 0.29) is 6.10 Å². The lowest BCUT2D eigenvalue weighted by molar-refractivity contribution is -0.127. The van der Waals surface area contributed by atoms with Crippen LogP contribution in [-0.2, 0) is 4.79 Å². The maximum absolute atomic E-state index is 12.0. The second-order valence-electron chi connectivity index (χ2n) is 8.53. The summed E-state index contributed by atoms with van der Waals surface area (Å²) in [5.74, 6) is 2.45. The molecule has 2 heterocycles. The van der Waals surface area contributed by atoms with E-state index in [4.69, 9.17) is 4.74 Å². The van der Waals surface area contributed by atoms with Crippen molar-refractivity contribution in [1.29, 1.82) is 0 Å². The Labute approximate surface area is 191 Å². The van der Waals surface area contributed by atoms with Crippen LogP contribution in [0.5, 0.6) is 5.75 Å². The highest BCUT2D eigenvalue weighted by Crippen LogP contribution is 2.38. The standard InChI is InChI=1S/C26H34N4O2/c1-3-21(32-22-10-5-4-6-11-22)18-28-26(27-2)30-19-20(23-12-7-8-13-24(23)30)15-17-29-16-9-14-25(29)31/h4-8,10-13,20-21H,3,9,14-19H2,1-2H3,(H,27,28). The quantitative estimate of drug-likeness (QED) is 0.503. The highest BCUT2D eigenvalue weighted by atomic mass is 16.5. The van der Waals surface area contributed by atoms with Gasteiger partial charge < -0.3 is 19.9 Å². The van der Waals surface area contributed by atoms with E-state index in [1.54, 1.807) is 0 Å². The van der Waals surface area contributed by atoms with Gasteiger partial charge in [-0.2, -0.15) is 0 Å². The van der Waals surface area contributed by atoms with Crippen molar-refractivity contribution in [3.63, 3.8) is 0 Å². The molecule has 2 atom stereocenters. The average Bonchev–Trinajstić information content (AvgIpc) is 3.41. The Bertz CT molecular complexity index is 930. The van der Waals surface area contributed by atoms with Crippen LogP contribution in [0.1, 0.15) is 44.1 Å². The lowest BCUT2D eigenvalue weighted by Gasteiger charge is -2.25. The minimum atomic E-state index is 0.0592. The molecule has 2 aliphatic heterocycles. The predicted molar refractivity (Wildman–Crippen MR) is 129 cm³/mol. The Morgan fingerprint density at radius 3 is 2.69 bits per heavy atom. The van der Waals surface area contributed by atoms with Gasteiger partial charge in [-0.05, 0) is 43.0 Å². The molecule has 2 unspecified atom stereocenters. The molecule has 0 radical (unpaired) electrons. The largest absolute Gasteiger partial charge is 0.489 e. The van der Waals surface area contributed by atoms with Crippen molar-refractivity contribution in [2.75, 3.05) is 38.1 Å². The smallest absolute Gasteiger partial charge is 0.222 e. The Morgan fingerprint density at radius 2 is 1.97 bits per heavy atom. The van der Waals surface area contributed by atoms with Gasteiger partial charge in [0.05, 0.1) is 6.54 Å². The van der Waals surface area contributed by atoms with Crippen molar-refractivity contribution in [3.8, 4) is 5.75 Å². The van der Waals surface area contributed by atoms with Crippen LogP contribution < -0.4 is 15.0 Å². The zero-order valence-corrected chi connectivity index (χ0v) is 19.2. The van der Waals surface area contributed by atoms with E-state index in [0.717, 1.165) is 50.6 Å². The number of anilines is 1. The van der Waals surface area contributed by atoms with Crippen LogP contribution in [0.2, 0.25) is 0 Å². The lowest BCUT2D eigenvalue weighted by Crippen LogP contribution is -2.45. The molecule has 2 aromatic rings. The van der Waals surface area contributed by atoms with Crippen molar-refractivity contribution in [1.82, 2.24) is 10.2 Å². The van der Waals surface area contributed by atoms with Gasteiger partial charge in [-0.3, -0.25) is 9.79 Å². The fourth-order valence-electron chi connectivity index (χ4n) is 4.66. The van der Waals surface area contributed by atoms with E-state index in [1.165, 1.54) is 11.3 Å². The van der Waals surface area contributed by atoms with E-state index >= 15 is 0 Å². The molecule has 1 saturated heterocycles. The van der Waals surface area contributed by atoms with Gasteiger partial charge in [0.2, 0.25) is 5.91 Å². The summed E-state index contributed by atoms with van der Waals surface area (Å²) in [6, 6.07) is 18.5. The summed E-state index contributed by atoms with van der Waals surface area (Å²) >= 11 is 0. The highest BCUT2D eigenvalue weighted by molar-refractivity contribution is 5.98. The first-order valence-electron chi connectivity index (χ1n) is 11.8. The van der Waals surface area contributed by atoms with E-state index in [0.29, 0.717) is 24.8 Å². The van der Waals surface area contributed by atoms with Crippen LogP contribution in [0, 0.1) is 0 Å². The first-order chi connectivity index (χ1) is 15.7. The summed E-state index contributed by atoms with van der Waals surface area (Å²) in [6.07, 6.45) is 3.64. The molecule has 1 fully saturated rings. The fourth-order valence-corrected chi connectivity index (χ4v) is 4.66. The van der Waals surface area contributed by atoms with Crippen LogP contribution in [0.3, 0.4) is 0 Å². The second-order valence-corrected chi connectivity index (χ2v) is 8.53. The number of rotatable bonds is 8. The summed E-state index contributed by atoms with van der Waals surface area (Å²) in [4.78, 5) is 20.9. The molecule has 0 saturated carbocycles. The molecule has 1 amide bonds. The predicted octanol–water partition coefficient (Wildman–Crippen LogP) is 4.04. The molecule has 6 heteroatoms. The Hall–Kier alpha value is -3.02. The van der Waals surface area contributed by atoms with Gasteiger partial charge in [-0.1, -0.05) is 43.3 Å². The van der Waals surface area contributed by atoms with Crippen LogP contribution >= 0.6 is 0 Å². The minimum absolute atomic E-state index is 0.0592. The number of nitrogens with zero attached hydrogens (tertiary/aromatic N) is 3. The number of amides is 1. The van der Waals surface area contributed by atoms with Crippen LogP contribution in [0.25, 0.3) is 0 Å². The topological polar surface area (TPSA) is 57.2 Å². The molecule has 0 aromatic heterocycles. The number of carbonyl (C=O) groups excluding carboxylic acids is 1. The zero-order valence-electron chi connectivity index (χ0n) is 19.2. The van der Waals surface area contributed by atoms with E-state index in [1.807, 2.05) is 42.3 Å². The van der Waals surface area contributed by atoms with Gasteiger partial charge in [-0.15, -0.1) is 0 Å². The summed E-state index contributed by atoms with van der Waals surface area (Å²) in [5.41, 5.74) is 2.55. The van der Waals surface area contributed by atoms with Crippen molar-refractivity contribution in [3.05, 3.63) is 60.2 Å². The number of nitrogens with one attached hydrogen (secondary N) is 1. The van der Waals surface area contributed by atoms with E-state index in [2.05, 4.69) is 46.4 Å². The maximum Gasteiger partial charge on any atom is 0.222 e. The van der Waals surface area contributed by atoms with Crippen molar-refractivity contribution < 1.29 is 9.53 Å². The number of aliphatic imine (C=N–C) groups is 1. The number of hydrogen-bond acceptors (Lipinski definition) is 3. The van der Waals surface area contributed by atoms with Gasteiger partial charge in [0.15, 0.2) is 5.96 Å². The number of benzene rings is 2. The molecule has 0 aliphatic carbocycles. The molecule has 170 valence electrons. The maximum atomic E-state index is 12.0. The summed E-state index contributed by atoms with van der Waals surface area (Å²) < 4.78 is 6.14.